The zero-order valence-corrected chi connectivity index (χ0v) is 11.7. The normalized spacial score (nSPS) is 12.4. The summed E-state index contributed by atoms with van der Waals surface area (Å²) in [7, 11) is 0. The van der Waals surface area contributed by atoms with Crippen molar-refractivity contribution in [2.24, 2.45) is 0 Å². The first-order valence-corrected chi connectivity index (χ1v) is 6.68. The lowest BCUT2D eigenvalue weighted by molar-refractivity contribution is 0.941. The van der Waals surface area contributed by atoms with E-state index < -0.39 is 0 Å². The Hall–Kier alpha value is -1.15. The van der Waals surface area contributed by atoms with Gasteiger partial charge >= 0.3 is 0 Å². The SMILES string of the molecule is Cc1ccc(CC(Br)c2ccncc2)cc1C. The Labute approximate surface area is 111 Å². The molecule has 0 fully saturated rings. The average molecular weight is 290 g/mol. The Morgan fingerprint density at radius 3 is 2.41 bits per heavy atom. The molecule has 2 aromatic rings. The molecule has 0 aliphatic rings. The molecule has 2 rings (SSSR count). The van der Waals surface area contributed by atoms with Crippen LogP contribution < -0.4 is 0 Å². The molecule has 0 saturated carbocycles. The molecule has 1 nitrogen and oxygen atoms in total. The van der Waals surface area contributed by atoms with Crippen molar-refractivity contribution in [1.82, 2.24) is 4.98 Å². The van der Waals surface area contributed by atoms with Crippen molar-refractivity contribution in [2.45, 2.75) is 25.1 Å². The molecule has 0 spiro atoms. The van der Waals surface area contributed by atoms with Gasteiger partial charge in [0.25, 0.3) is 0 Å². The van der Waals surface area contributed by atoms with Crippen LogP contribution in [-0.2, 0) is 6.42 Å². The zero-order valence-electron chi connectivity index (χ0n) is 10.2. The Bertz CT molecular complexity index is 494. The first kappa shape index (κ1) is 12.3. The molecule has 17 heavy (non-hydrogen) atoms. The summed E-state index contributed by atoms with van der Waals surface area (Å²) in [5.41, 5.74) is 5.35. The van der Waals surface area contributed by atoms with E-state index in [-0.39, 0.29) is 0 Å². The minimum absolute atomic E-state index is 0.354. The van der Waals surface area contributed by atoms with Crippen molar-refractivity contribution in [3.8, 4) is 0 Å². The number of halogens is 1. The molecular formula is C15H16BrN. The maximum atomic E-state index is 4.04. The molecule has 0 amide bonds. The van der Waals surface area contributed by atoms with Gasteiger partial charge in [-0.2, -0.15) is 0 Å². The fourth-order valence-electron chi connectivity index (χ4n) is 1.83. The Morgan fingerprint density at radius 2 is 1.76 bits per heavy atom. The highest BCUT2D eigenvalue weighted by Gasteiger charge is 2.08. The van der Waals surface area contributed by atoms with E-state index in [1.807, 2.05) is 12.4 Å². The third kappa shape index (κ3) is 3.16. The van der Waals surface area contributed by atoms with E-state index in [9.17, 15) is 0 Å². The van der Waals surface area contributed by atoms with Gasteiger partial charge in [0.1, 0.15) is 0 Å². The van der Waals surface area contributed by atoms with Crippen molar-refractivity contribution in [2.75, 3.05) is 0 Å². The Kier molecular flexibility index (Phi) is 3.95. The quantitative estimate of drug-likeness (QED) is 0.765. The number of aromatic nitrogens is 1. The van der Waals surface area contributed by atoms with Crippen LogP contribution in [0, 0.1) is 13.8 Å². The number of nitrogens with zero attached hydrogens (tertiary/aromatic N) is 1. The van der Waals surface area contributed by atoms with Crippen LogP contribution in [0.4, 0.5) is 0 Å². The highest BCUT2D eigenvalue weighted by Crippen LogP contribution is 2.27. The van der Waals surface area contributed by atoms with Gasteiger partial charge < -0.3 is 0 Å². The van der Waals surface area contributed by atoms with Gasteiger partial charge in [-0.15, -0.1) is 0 Å². The molecule has 2 heteroatoms. The predicted molar refractivity (Wildman–Crippen MR) is 75.5 cm³/mol. The summed E-state index contributed by atoms with van der Waals surface area (Å²) in [5.74, 6) is 0. The Morgan fingerprint density at radius 1 is 1.06 bits per heavy atom. The number of rotatable bonds is 3. The number of hydrogen-bond donors (Lipinski definition) is 0. The predicted octanol–water partition coefficient (Wildman–Crippen LogP) is 4.38. The van der Waals surface area contributed by atoms with Crippen LogP contribution in [0.15, 0.2) is 42.7 Å². The highest BCUT2D eigenvalue weighted by atomic mass is 79.9. The minimum Gasteiger partial charge on any atom is -0.265 e. The molecule has 1 aromatic carbocycles. The maximum absolute atomic E-state index is 4.04. The molecule has 0 N–H and O–H groups in total. The van der Waals surface area contributed by atoms with E-state index in [1.54, 1.807) is 0 Å². The Balaban J connectivity index is 2.13. The van der Waals surface area contributed by atoms with E-state index in [4.69, 9.17) is 0 Å². The van der Waals surface area contributed by atoms with Crippen LogP contribution in [0.2, 0.25) is 0 Å². The van der Waals surface area contributed by atoms with E-state index in [1.165, 1.54) is 22.3 Å². The first-order chi connectivity index (χ1) is 8.16. The second-order valence-corrected chi connectivity index (χ2v) is 5.48. The second-order valence-electron chi connectivity index (χ2n) is 4.37. The largest absolute Gasteiger partial charge is 0.265 e. The third-order valence-electron chi connectivity index (χ3n) is 3.05. The van der Waals surface area contributed by atoms with Gasteiger partial charge in [0.2, 0.25) is 0 Å². The van der Waals surface area contributed by atoms with E-state index in [0.29, 0.717) is 4.83 Å². The lowest BCUT2D eigenvalue weighted by Crippen LogP contribution is -1.96. The maximum Gasteiger partial charge on any atom is 0.0436 e. The topological polar surface area (TPSA) is 12.9 Å². The van der Waals surface area contributed by atoms with E-state index in [2.05, 4.69) is 65.1 Å². The summed E-state index contributed by atoms with van der Waals surface area (Å²) in [6, 6.07) is 10.8. The van der Waals surface area contributed by atoms with Crippen molar-refractivity contribution in [1.29, 1.82) is 0 Å². The lowest BCUT2D eigenvalue weighted by atomic mass is 10.0. The molecule has 0 aliphatic heterocycles. The molecule has 88 valence electrons. The minimum atomic E-state index is 0.354. The lowest BCUT2D eigenvalue weighted by Gasteiger charge is -2.11. The molecule has 1 aromatic heterocycles. The number of benzene rings is 1. The monoisotopic (exact) mass is 289 g/mol. The zero-order chi connectivity index (χ0) is 12.3. The second kappa shape index (κ2) is 5.46. The van der Waals surface area contributed by atoms with Gasteiger partial charge in [-0.05, 0) is 54.7 Å². The highest BCUT2D eigenvalue weighted by molar-refractivity contribution is 9.09. The molecule has 0 radical (unpaired) electrons. The molecule has 0 bridgehead atoms. The van der Waals surface area contributed by atoms with Gasteiger partial charge in [0, 0.05) is 17.2 Å². The summed E-state index contributed by atoms with van der Waals surface area (Å²) >= 11 is 3.74. The van der Waals surface area contributed by atoms with Gasteiger partial charge in [-0.3, -0.25) is 4.98 Å². The van der Waals surface area contributed by atoms with Crippen molar-refractivity contribution < 1.29 is 0 Å². The van der Waals surface area contributed by atoms with Crippen LogP contribution in [0.1, 0.15) is 27.1 Å². The van der Waals surface area contributed by atoms with Crippen LogP contribution >= 0.6 is 15.9 Å². The molecule has 0 aliphatic carbocycles. The van der Waals surface area contributed by atoms with Crippen LogP contribution in [-0.4, -0.2) is 4.98 Å². The van der Waals surface area contributed by atoms with E-state index in [0.717, 1.165) is 6.42 Å². The van der Waals surface area contributed by atoms with Crippen molar-refractivity contribution in [3.63, 3.8) is 0 Å². The molecular weight excluding hydrogens is 274 g/mol. The summed E-state index contributed by atoms with van der Waals surface area (Å²) in [6.07, 6.45) is 4.68. The number of pyridine rings is 1. The number of aryl methyl sites for hydroxylation is 2. The van der Waals surface area contributed by atoms with Crippen molar-refractivity contribution in [3.05, 3.63) is 65.0 Å². The first-order valence-electron chi connectivity index (χ1n) is 5.77. The standard InChI is InChI=1S/C15H16BrN/c1-11-3-4-13(9-12(11)2)10-15(16)14-5-7-17-8-6-14/h3-9,15H,10H2,1-2H3. The van der Waals surface area contributed by atoms with Crippen LogP contribution in [0.25, 0.3) is 0 Å². The fraction of sp³-hybridized carbons (Fsp3) is 0.267. The third-order valence-corrected chi connectivity index (χ3v) is 3.91. The number of alkyl halides is 1. The summed E-state index contributed by atoms with van der Waals surface area (Å²) in [4.78, 5) is 4.39. The van der Waals surface area contributed by atoms with E-state index >= 15 is 0 Å². The summed E-state index contributed by atoms with van der Waals surface area (Å²) in [6.45, 7) is 4.31. The van der Waals surface area contributed by atoms with Crippen molar-refractivity contribution >= 4 is 15.9 Å². The summed E-state index contributed by atoms with van der Waals surface area (Å²) in [5, 5.41) is 0. The summed E-state index contributed by atoms with van der Waals surface area (Å²) < 4.78 is 0. The van der Waals surface area contributed by atoms with Gasteiger partial charge in [0.15, 0.2) is 0 Å². The van der Waals surface area contributed by atoms with Gasteiger partial charge in [0.05, 0.1) is 0 Å². The fourth-order valence-corrected chi connectivity index (χ4v) is 2.51. The molecule has 0 saturated heterocycles. The van der Waals surface area contributed by atoms with Gasteiger partial charge in [-0.25, -0.2) is 0 Å². The van der Waals surface area contributed by atoms with Crippen LogP contribution in [0.5, 0.6) is 0 Å². The number of hydrogen-bond acceptors (Lipinski definition) is 1. The molecule has 1 atom stereocenters. The smallest absolute Gasteiger partial charge is 0.0436 e. The van der Waals surface area contributed by atoms with Gasteiger partial charge in [-0.1, -0.05) is 34.1 Å². The molecule has 1 unspecified atom stereocenters. The molecule has 1 heterocycles. The van der Waals surface area contributed by atoms with Crippen LogP contribution in [0.3, 0.4) is 0 Å². The average Bonchev–Trinajstić information content (AvgIpc) is 2.35.